The van der Waals surface area contributed by atoms with E-state index < -0.39 is 0 Å². The average molecular weight is 352 g/mol. The van der Waals surface area contributed by atoms with Crippen LogP contribution >= 0.6 is 23.4 Å². The number of anilines is 1. The Morgan fingerprint density at radius 2 is 1.96 bits per heavy atom. The quantitative estimate of drug-likeness (QED) is 0.747. The molecule has 4 nitrogen and oxygen atoms in total. The maximum atomic E-state index is 12.1. The predicted octanol–water partition coefficient (Wildman–Crippen LogP) is 4.48. The lowest BCUT2D eigenvalue weighted by Gasteiger charge is -2.10. The highest BCUT2D eigenvalue weighted by molar-refractivity contribution is 8.00. The number of halogens is 1. The monoisotopic (exact) mass is 351 g/mol. The van der Waals surface area contributed by atoms with Crippen LogP contribution in [0.5, 0.6) is 11.5 Å². The molecular weight excluding hydrogens is 334 g/mol. The highest BCUT2D eigenvalue weighted by Gasteiger charge is 2.09. The van der Waals surface area contributed by atoms with Gasteiger partial charge in [0.05, 0.1) is 25.2 Å². The van der Waals surface area contributed by atoms with Gasteiger partial charge in [0.2, 0.25) is 5.91 Å². The number of hydrogen-bond donors (Lipinski definition) is 1. The van der Waals surface area contributed by atoms with Gasteiger partial charge in [0.15, 0.2) is 0 Å². The third-order valence-electron chi connectivity index (χ3n) is 2.94. The highest BCUT2D eigenvalue weighted by atomic mass is 35.5. The van der Waals surface area contributed by atoms with Gasteiger partial charge >= 0.3 is 0 Å². The normalized spacial score (nSPS) is 10.2. The van der Waals surface area contributed by atoms with Crippen LogP contribution in [0, 0.1) is 0 Å². The molecule has 0 fully saturated rings. The standard InChI is InChI=1S/C17H18ClNO3S/c1-3-22-13-5-7-14(8-6-13)23-11-17(20)19-15-10-12(18)4-9-16(15)21-2/h4-10H,3,11H2,1-2H3,(H,19,20). The number of carbonyl (C=O) groups excluding carboxylic acids is 1. The second-order valence-corrected chi connectivity index (χ2v) is 6.07. The second kappa shape index (κ2) is 8.70. The van der Waals surface area contributed by atoms with Crippen LogP contribution in [-0.2, 0) is 4.79 Å². The van der Waals surface area contributed by atoms with E-state index in [9.17, 15) is 4.79 Å². The Morgan fingerprint density at radius 3 is 2.61 bits per heavy atom. The van der Waals surface area contributed by atoms with Crippen molar-refractivity contribution in [2.24, 2.45) is 0 Å². The van der Waals surface area contributed by atoms with Crippen molar-refractivity contribution >= 4 is 35.0 Å². The number of benzene rings is 2. The molecule has 6 heteroatoms. The number of nitrogens with one attached hydrogen (secondary N) is 1. The van der Waals surface area contributed by atoms with Crippen molar-refractivity contribution < 1.29 is 14.3 Å². The molecule has 0 saturated heterocycles. The predicted molar refractivity (Wildman–Crippen MR) is 95.0 cm³/mol. The molecule has 0 aliphatic rings. The van der Waals surface area contributed by atoms with Crippen LogP contribution in [0.25, 0.3) is 0 Å². The van der Waals surface area contributed by atoms with E-state index in [4.69, 9.17) is 21.1 Å². The highest BCUT2D eigenvalue weighted by Crippen LogP contribution is 2.28. The van der Waals surface area contributed by atoms with Crippen LogP contribution in [0.2, 0.25) is 5.02 Å². The van der Waals surface area contributed by atoms with Gasteiger partial charge in [-0.25, -0.2) is 0 Å². The number of methoxy groups -OCH3 is 1. The van der Waals surface area contributed by atoms with Gasteiger partial charge in [0, 0.05) is 9.92 Å². The molecule has 2 rings (SSSR count). The van der Waals surface area contributed by atoms with Gasteiger partial charge in [-0.15, -0.1) is 11.8 Å². The maximum absolute atomic E-state index is 12.1. The van der Waals surface area contributed by atoms with Gasteiger partial charge in [0.1, 0.15) is 11.5 Å². The maximum Gasteiger partial charge on any atom is 0.234 e. The summed E-state index contributed by atoms with van der Waals surface area (Å²) in [4.78, 5) is 13.1. The van der Waals surface area contributed by atoms with E-state index in [-0.39, 0.29) is 5.91 Å². The van der Waals surface area contributed by atoms with Gasteiger partial charge in [-0.05, 0) is 49.4 Å². The summed E-state index contributed by atoms with van der Waals surface area (Å²) >= 11 is 7.40. The lowest BCUT2D eigenvalue weighted by molar-refractivity contribution is -0.113. The third-order valence-corrected chi connectivity index (χ3v) is 4.19. The van der Waals surface area contributed by atoms with Crippen molar-refractivity contribution in [3.63, 3.8) is 0 Å². The summed E-state index contributed by atoms with van der Waals surface area (Å²) in [7, 11) is 1.55. The molecule has 0 unspecified atom stereocenters. The minimum atomic E-state index is -0.121. The summed E-state index contributed by atoms with van der Waals surface area (Å²) in [5, 5.41) is 3.35. The van der Waals surface area contributed by atoms with E-state index in [1.807, 2.05) is 31.2 Å². The fraction of sp³-hybridized carbons (Fsp3) is 0.235. The molecule has 0 atom stereocenters. The molecule has 2 aromatic carbocycles. The topological polar surface area (TPSA) is 47.6 Å². The van der Waals surface area contributed by atoms with Crippen molar-refractivity contribution in [3.05, 3.63) is 47.5 Å². The molecule has 0 spiro atoms. The SMILES string of the molecule is CCOc1ccc(SCC(=O)Nc2cc(Cl)ccc2OC)cc1. The van der Waals surface area contributed by atoms with Crippen LogP contribution in [-0.4, -0.2) is 25.4 Å². The van der Waals surface area contributed by atoms with Crippen molar-refractivity contribution in [3.8, 4) is 11.5 Å². The summed E-state index contributed by atoms with van der Waals surface area (Å²) in [6, 6.07) is 12.8. The first-order valence-corrected chi connectivity index (χ1v) is 8.47. The molecule has 0 aromatic heterocycles. The van der Waals surface area contributed by atoms with Crippen molar-refractivity contribution in [1.29, 1.82) is 0 Å². The zero-order valence-electron chi connectivity index (χ0n) is 13.0. The molecule has 0 aliphatic carbocycles. The molecule has 0 bridgehead atoms. The zero-order chi connectivity index (χ0) is 16.7. The van der Waals surface area contributed by atoms with Crippen LogP contribution in [0.1, 0.15) is 6.92 Å². The number of thioether (sulfide) groups is 1. The van der Waals surface area contributed by atoms with Gasteiger partial charge < -0.3 is 14.8 Å². The molecule has 0 radical (unpaired) electrons. The first kappa shape index (κ1) is 17.5. The molecule has 0 aliphatic heterocycles. The van der Waals surface area contributed by atoms with E-state index in [1.54, 1.807) is 25.3 Å². The fourth-order valence-corrected chi connectivity index (χ4v) is 2.78. The van der Waals surface area contributed by atoms with Gasteiger partial charge in [0.25, 0.3) is 0 Å². The first-order chi connectivity index (χ1) is 11.1. The second-order valence-electron chi connectivity index (χ2n) is 4.59. The molecule has 1 amide bonds. The fourth-order valence-electron chi connectivity index (χ4n) is 1.91. The van der Waals surface area contributed by atoms with Gasteiger partial charge in [-0.3, -0.25) is 4.79 Å². The summed E-state index contributed by atoms with van der Waals surface area (Å²) in [6.07, 6.45) is 0. The minimum Gasteiger partial charge on any atom is -0.495 e. The van der Waals surface area contributed by atoms with Gasteiger partial charge in [-0.1, -0.05) is 11.6 Å². The largest absolute Gasteiger partial charge is 0.495 e. The van der Waals surface area contributed by atoms with Crippen molar-refractivity contribution in [2.45, 2.75) is 11.8 Å². The van der Waals surface area contributed by atoms with Crippen molar-refractivity contribution in [1.82, 2.24) is 0 Å². The van der Waals surface area contributed by atoms with Gasteiger partial charge in [-0.2, -0.15) is 0 Å². The third kappa shape index (κ3) is 5.37. The van der Waals surface area contributed by atoms with Crippen LogP contribution in [0.15, 0.2) is 47.4 Å². The van der Waals surface area contributed by atoms with E-state index in [0.717, 1.165) is 10.6 Å². The Hall–Kier alpha value is -1.85. The lowest BCUT2D eigenvalue weighted by atomic mass is 10.3. The summed E-state index contributed by atoms with van der Waals surface area (Å²) in [5.41, 5.74) is 0.567. The lowest BCUT2D eigenvalue weighted by Crippen LogP contribution is -2.14. The Bertz CT molecular complexity index is 661. The van der Waals surface area contributed by atoms with Crippen LogP contribution in [0.3, 0.4) is 0 Å². The molecule has 23 heavy (non-hydrogen) atoms. The number of amides is 1. The van der Waals surface area contributed by atoms with Crippen LogP contribution < -0.4 is 14.8 Å². The van der Waals surface area contributed by atoms with Crippen molar-refractivity contribution in [2.75, 3.05) is 24.8 Å². The zero-order valence-corrected chi connectivity index (χ0v) is 14.5. The molecule has 0 heterocycles. The molecule has 1 N–H and O–H groups in total. The average Bonchev–Trinajstić information content (AvgIpc) is 2.55. The number of ether oxygens (including phenoxy) is 2. The first-order valence-electron chi connectivity index (χ1n) is 7.11. The number of hydrogen-bond acceptors (Lipinski definition) is 4. The summed E-state index contributed by atoms with van der Waals surface area (Å²) < 4.78 is 10.6. The van der Waals surface area contributed by atoms with E-state index in [2.05, 4.69) is 5.32 Å². The van der Waals surface area contributed by atoms with E-state index >= 15 is 0 Å². The van der Waals surface area contributed by atoms with Crippen LogP contribution in [0.4, 0.5) is 5.69 Å². The molecule has 0 saturated carbocycles. The molecule has 2 aromatic rings. The summed E-state index contributed by atoms with van der Waals surface area (Å²) in [5.74, 6) is 1.58. The Kier molecular flexibility index (Phi) is 6.62. The smallest absolute Gasteiger partial charge is 0.234 e. The molecule has 122 valence electrons. The number of carbonyl (C=O) groups is 1. The Morgan fingerprint density at radius 1 is 1.22 bits per heavy atom. The van der Waals surface area contributed by atoms with E-state index in [0.29, 0.717) is 28.8 Å². The Balaban J connectivity index is 1.91. The number of rotatable bonds is 7. The Labute approximate surface area is 145 Å². The minimum absolute atomic E-state index is 0.121. The van der Waals surface area contributed by atoms with E-state index in [1.165, 1.54) is 11.8 Å². The molecular formula is C17H18ClNO3S. The summed E-state index contributed by atoms with van der Waals surface area (Å²) in [6.45, 7) is 2.58.